The van der Waals surface area contributed by atoms with Crippen molar-refractivity contribution in [1.82, 2.24) is 0 Å². The van der Waals surface area contributed by atoms with Gasteiger partial charge >= 0.3 is 0 Å². The van der Waals surface area contributed by atoms with Crippen molar-refractivity contribution in [2.75, 3.05) is 16.3 Å². The SMILES string of the molecule is NC1C(=O)N(CCC2CCCC2)c2ccccc2N(c2ccccc2F)C1=O. The number of halogens is 1. The molecule has 0 spiro atoms. The Kier molecular flexibility index (Phi) is 5.13. The molecule has 2 aliphatic rings. The number of nitrogens with two attached hydrogens (primary N) is 1. The number of hydrogen-bond donors (Lipinski definition) is 1. The van der Waals surface area contributed by atoms with Crippen LogP contribution in [-0.2, 0) is 9.59 Å². The lowest BCUT2D eigenvalue weighted by molar-refractivity contribution is -0.127. The molecule has 0 radical (unpaired) electrons. The predicted molar refractivity (Wildman–Crippen MR) is 107 cm³/mol. The molecular weight excluding hydrogens is 357 g/mol. The Morgan fingerprint density at radius 3 is 2.18 bits per heavy atom. The van der Waals surface area contributed by atoms with E-state index in [9.17, 15) is 14.0 Å². The molecule has 1 aliphatic carbocycles. The zero-order chi connectivity index (χ0) is 19.7. The van der Waals surface area contributed by atoms with Gasteiger partial charge in [-0.05, 0) is 36.6 Å². The summed E-state index contributed by atoms with van der Waals surface area (Å²) in [4.78, 5) is 29.0. The molecule has 1 heterocycles. The smallest absolute Gasteiger partial charge is 0.258 e. The highest BCUT2D eigenvalue weighted by molar-refractivity contribution is 6.22. The van der Waals surface area contributed by atoms with Crippen LogP contribution in [0.25, 0.3) is 0 Å². The Morgan fingerprint density at radius 1 is 0.893 bits per heavy atom. The van der Waals surface area contributed by atoms with Gasteiger partial charge in [0.1, 0.15) is 5.82 Å². The van der Waals surface area contributed by atoms with Crippen molar-refractivity contribution in [2.24, 2.45) is 11.7 Å². The van der Waals surface area contributed by atoms with Gasteiger partial charge < -0.3 is 10.6 Å². The standard InChI is InChI=1S/C22H24FN3O2/c23-16-9-3-4-10-17(16)26-19-12-6-5-11-18(19)25(21(27)20(24)22(26)28)14-13-15-7-1-2-8-15/h3-6,9-12,15,20H,1-2,7-8,13-14,24H2. The Morgan fingerprint density at radius 2 is 1.50 bits per heavy atom. The number of fused-ring (bicyclic) bond motifs is 1. The number of nitrogens with zero attached hydrogens (tertiary/aromatic N) is 2. The molecule has 0 bridgehead atoms. The maximum Gasteiger partial charge on any atom is 0.258 e. The molecule has 0 saturated heterocycles. The van der Waals surface area contributed by atoms with E-state index < -0.39 is 23.7 Å². The van der Waals surface area contributed by atoms with E-state index >= 15 is 0 Å². The van der Waals surface area contributed by atoms with Gasteiger partial charge in [0.2, 0.25) is 0 Å². The fraction of sp³-hybridized carbons (Fsp3) is 0.364. The van der Waals surface area contributed by atoms with Crippen LogP contribution in [0.5, 0.6) is 0 Å². The third-order valence-electron chi connectivity index (χ3n) is 5.76. The number of anilines is 3. The molecular formula is C22H24FN3O2. The minimum Gasteiger partial charge on any atom is -0.312 e. The van der Waals surface area contributed by atoms with E-state index in [1.807, 2.05) is 6.07 Å². The normalized spacial score (nSPS) is 20.4. The maximum absolute atomic E-state index is 14.5. The molecule has 1 saturated carbocycles. The molecule has 0 aromatic heterocycles. The summed E-state index contributed by atoms with van der Waals surface area (Å²) < 4.78 is 14.5. The first kappa shape index (κ1) is 18.6. The number of carbonyl (C=O) groups excluding carboxylic acids is 2. The van der Waals surface area contributed by atoms with Crippen molar-refractivity contribution in [3.63, 3.8) is 0 Å². The van der Waals surface area contributed by atoms with Gasteiger partial charge in [0, 0.05) is 6.54 Å². The minimum absolute atomic E-state index is 0.0980. The van der Waals surface area contributed by atoms with Crippen molar-refractivity contribution in [3.05, 3.63) is 54.3 Å². The second-order valence-electron chi connectivity index (χ2n) is 7.52. The lowest BCUT2D eigenvalue weighted by atomic mass is 10.0. The topological polar surface area (TPSA) is 66.6 Å². The third kappa shape index (κ3) is 3.29. The highest BCUT2D eigenvalue weighted by Gasteiger charge is 2.39. The molecule has 2 aromatic rings. The molecule has 1 aliphatic heterocycles. The van der Waals surface area contributed by atoms with Crippen molar-refractivity contribution in [2.45, 2.75) is 38.1 Å². The summed E-state index contributed by atoms with van der Waals surface area (Å²) in [5.74, 6) is -0.997. The molecule has 1 unspecified atom stereocenters. The molecule has 2 N–H and O–H groups in total. The fourth-order valence-corrected chi connectivity index (χ4v) is 4.25. The molecule has 146 valence electrons. The van der Waals surface area contributed by atoms with Crippen LogP contribution in [0.3, 0.4) is 0 Å². The molecule has 2 amide bonds. The summed E-state index contributed by atoms with van der Waals surface area (Å²) >= 11 is 0. The molecule has 2 aromatic carbocycles. The van der Waals surface area contributed by atoms with Gasteiger partial charge in [-0.1, -0.05) is 49.9 Å². The number of amides is 2. The first-order chi connectivity index (χ1) is 13.6. The highest BCUT2D eigenvalue weighted by atomic mass is 19.1. The van der Waals surface area contributed by atoms with Gasteiger partial charge in [0.05, 0.1) is 17.1 Å². The van der Waals surface area contributed by atoms with Crippen LogP contribution in [0.15, 0.2) is 48.5 Å². The van der Waals surface area contributed by atoms with Gasteiger partial charge in [-0.3, -0.25) is 14.5 Å². The largest absolute Gasteiger partial charge is 0.312 e. The first-order valence-electron chi connectivity index (χ1n) is 9.82. The van der Waals surface area contributed by atoms with Crippen LogP contribution >= 0.6 is 0 Å². The highest BCUT2D eigenvalue weighted by Crippen LogP contribution is 2.39. The number of hydrogen-bond acceptors (Lipinski definition) is 3. The van der Waals surface area contributed by atoms with Crippen LogP contribution in [0.1, 0.15) is 32.1 Å². The number of benzene rings is 2. The Balaban J connectivity index is 1.76. The molecule has 1 fully saturated rings. The van der Waals surface area contributed by atoms with Gasteiger partial charge in [-0.2, -0.15) is 0 Å². The van der Waals surface area contributed by atoms with E-state index in [4.69, 9.17) is 5.73 Å². The van der Waals surface area contributed by atoms with E-state index in [0.29, 0.717) is 23.8 Å². The van der Waals surface area contributed by atoms with Gasteiger partial charge in [-0.15, -0.1) is 0 Å². The predicted octanol–water partition coefficient (Wildman–Crippen LogP) is 3.74. The molecule has 5 nitrogen and oxygen atoms in total. The van der Waals surface area contributed by atoms with E-state index in [-0.39, 0.29) is 5.69 Å². The van der Waals surface area contributed by atoms with Crippen LogP contribution in [0.4, 0.5) is 21.5 Å². The van der Waals surface area contributed by atoms with E-state index in [2.05, 4.69) is 0 Å². The van der Waals surface area contributed by atoms with Gasteiger partial charge in [0.25, 0.3) is 11.8 Å². The van der Waals surface area contributed by atoms with Crippen molar-refractivity contribution >= 4 is 28.9 Å². The zero-order valence-corrected chi connectivity index (χ0v) is 15.7. The average Bonchev–Trinajstić information content (AvgIpc) is 3.21. The molecule has 1 atom stereocenters. The number of carbonyl (C=O) groups is 2. The minimum atomic E-state index is -1.37. The van der Waals surface area contributed by atoms with E-state index in [1.54, 1.807) is 35.2 Å². The lowest BCUT2D eigenvalue weighted by Gasteiger charge is -2.26. The second kappa shape index (κ2) is 7.72. The van der Waals surface area contributed by atoms with Crippen molar-refractivity contribution in [3.8, 4) is 0 Å². The molecule has 28 heavy (non-hydrogen) atoms. The van der Waals surface area contributed by atoms with Crippen LogP contribution < -0.4 is 15.5 Å². The Labute approximate surface area is 163 Å². The number of rotatable bonds is 4. The summed E-state index contributed by atoms with van der Waals surface area (Å²) in [5, 5.41) is 0. The monoisotopic (exact) mass is 381 g/mol. The second-order valence-corrected chi connectivity index (χ2v) is 7.52. The van der Waals surface area contributed by atoms with E-state index in [0.717, 1.165) is 6.42 Å². The van der Waals surface area contributed by atoms with Gasteiger partial charge in [0.15, 0.2) is 6.04 Å². The summed E-state index contributed by atoms with van der Waals surface area (Å²) in [5.41, 5.74) is 7.22. The summed E-state index contributed by atoms with van der Waals surface area (Å²) in [6.45, 7) is 0.507. The van der Waals surface area contributed by atoms with Crippen molar-refractivity contribution < 1.29 is 14.0 Å². The molecule has 4 rings (SSSR count). The Bertz CT molecular complexity index is 895. The molecule has 6 heteroatoms. The zero-order valence-electron chi connectivity index (χ0n) is 15.7. The van der Waals surface area contributed by atoms with Crippen LogP contribution in [0.2, 0.25) is 0 Å². The first-order valence-corrected chi connectivity index (χ1v) is 9.82. The average molecular weight is 381 g/mol. The lowest BCUT2D eigenvalue weighted by Crippen LogP contribution is -2.50. The van der Waals surface area contributed by atoms with Gasteiger partial charge in [-0.25, -0.2) is 4.39 Å². The Hall–Kier alpha value is -2.73. The summed E-state index contributed by atoms with van der Waals surface area (Å²) in [7, 11) is 0. The van der Waals surface area contributed by atoms with E-state index in [1.165, 1.54) is 42.7 Å². The quantitative estimate of drug-likeness (QED) is 0.821. The fourth-order valence-electron chi connectivity index (χ4n) is 4.25. The summed E-state index contributed by atoms with van der Waals surface area (Å²) in [6, 6.07) is 11.8. The summed E-state index contributed by atoms with van der Waals surface area (Å²) in [6.07, 6.45) is 5.69. The van der Waals surface area contributed by atoms with Crippen LogP contribution in [0, 0.1) is 11.7 Å². The maximum atomic E-state index is 14.5. The van der Waals surface area contributed by atoms with Crippen LogP contribution in [-0.4, -0.2) is 24.4 Å². The third-order valence-corrected chi connectivity index (χ3v) is 5.76. The van der Waals surface area contributed by atoms with Crippen molar-refractivity contribution in [1.29, 1.82) is 0 Å². The number of para-hydroxylation sites is 3.